The van der Waals surface area contributed by atoms with Crippen LogP contribution in [-0.4, -0.2) is 37.3 Å². The predicted octanol–water partition coefficient (Wildman–Crippen LogP) is 5.28. The summed E-state index contributed by atoms with van der Waals surface area (Å²) in [5.74, 6) is -0.191. The summed E-state index contributed by atoms with van der Waals surface area (Å²) in [6, 6.07) is 15.0. The highest BCUT2D eigenvalue weighted by Gasteiger charge is 2.35. The quantitative estimate of drug-likeness (QED) is 0.524. The molecule has 2 aromatic carbocycles. The van der Waals surface area contributed by atoms with Gasteiger partial charge in [0.05, 0.1) is 18.5 Å². The predicted molar refractivity (Wildman–Crippen MR) is 125 cm³/mol. The average Bonchev–Trinajstić information content (AvgIpc) is 2.90. The number of nitrogens with zero attached hydrogens (tertiary/aromatic N) is 2. The Hall–Kier alpha value is -2.66. The molecule has 0 N–H and O–H groups in total. The first-order chi connectivity index (χ1) is 15.0. The van der Waals surface area contributed by atoms with Crippen LogP contribution in [0, 0.1) is 5.92 Å². The number of carbonyl (C=O) groups excluding carboxylic acids is 2. The van der Waals surface area contributed by atoms with E-state index in [1.54, 1.807) is 11.0 Å². The monoisotopic (exact) mass is 440 g/mol. The van der Waals surface area contributed by atoms with E-state index in [1.165, 1.54) is 7.11 Å². The smallest absolute Gasteiger partial charge is 0.305 e. The molecular formula is C25H29ClN2O3. The highest BCUT2D eigenvalue weighted by atomic mass is 35.5. The number of rotatable bonds is 8. The number of carbonyl (C=O) groups is 2. The van der Waals surface area contributed by atoms with Crippen LogP contribution in [0.3, 0.4) is 0 Å². The second-order valence-electron chi connectivity index (χ2n) is 7.70. The lowest BCUT2D eigenvalue weighted by Gasteiger charge is -2.28. The third-order valence-corrected chi connectivity index (χ3v) is 6.06. The molecule has 164 valence electrons. The molecule has 0 saturated heterocycles. The lowest BCUT2D eigenvalue weighted by Crippen LogP contribution is -2.42. The van der Waals surface area contributed by atoms with Crippen molar-refractivity contribution in [2.45, 2.75) is 45.6 Å². The fraction of sp³-hybridized carbons (Fsp3) is 0.400. The second kappa shape index (κ2) is 10.6. The fourth-order valence-electron chi connectivity index (χ4n) is 4.06. The molecule has 1 aliphatic rings. The van der Waals surface area contributed by atoms with Gasteiger partial charge in [-0.25, -0.2) is 0 Å². The molecule has 6 heteroatoms. The molecule has 0 fully saturated rings. The molecule has 3 rings (SSSR count). The van der Waals surface area contributed by atoms with E-state index in [1.807, 2.05) is 42.5 Å². The van der Waals surface area contributed by atoms with Crippen LogP contribution in [-0.2, 0) is 14.3 Å². The van der Waals surface area contributed by atoms with Gasteiger partial charge in [-0.15, -0.1) is 0 Å². The molecule has 0 bridgehead atoms. The Labute approximate surface area is 189 Å². The summed E-state index contributed by atoms with van der Waals surface area (Å²) in [6.07, 6.45) is 2.47. The van der Waals surface area contributed by atoms with Crippen LogP contribution < -0.4 is 4.90 Å². The van der Waals surface area contributed by atoms with Gasteiger partial charge in [-0.05, 0) is 30.5 Å². The summed E-state index contributed by atoms with van der Waals surface area (Å²) in [4.78, 5) is 32.2. The van der Waals surface area contributed by atoms with Gasteiger partial charge < -0.3 is 9.64 Å². The SMILES string of the molecule is CCC(CC)[C@@H]1N=C(c2ccccc2)c2cc(Cl)ccc2N(CCCC(=O)OC)C1=O. The molecule has 1 atom stereocenters. The van der Waals surface area contributed by atoms with E-state index in [4.69, 9.17) is 21.3 Å². The van der Waals surface area contributed by atoms with Gasteiger partial charge in [0.1, 0.15) is 6.04 Å². The van der Waals surface area contributed by atoms with Gasteiger partial charge in [-0.2, -0.15) is 0 Å². The Balaban J connectivity index is 2.13. The van der Waals surface area contributed by atoms with Crippen LogP contribution in [0.4, 0.5) is 5.69 Å². The van der Waals surface area contributed by atoms with Crippen LogP contribution in [0.5, 0.6) is 0 Å². The third kappa shape index (κ3) is 5.16. The molecule has 1 heterocycles. The molecule has 5 nitrogen and oxygen atoms in total. The van der Waals surface area contributed by atoms with Crippen LogP contribution in [0.25, 0.3) is 0 Å². The number of benzene rings is 2. The molecule has 0 aromatic heterocycles. The molecular weight excluding hydrogens is 412 g/mol. The minimum Gasteiger partial charge on any atom is -0.469 e. The van der Waals surface area contributed by atoms with Crippen LogP contribution in [0.1, 0.15) is 50.7 Å². The molecule has 0 saturated carbocycles. The Kier molecular flexibility index (Phi) is 7.85. The zero-order chi connectivity index (χ0) is 22.4. The summed E-state index contributed by atoms with van der Waals surface area (Å²) in [6.45, 7) is 4.60. The summed E-state index contributed by atoms with van der Waals surface area (Å²) in [5, 5.41) is 0.588. The van der Waals surface area contributed by atoms with Crippen LogP contribution in [0.15, 0.2) is 53.5 Å². The summed E-state index contributed by atoms with van der Waals surface area (Å²) < 4.78 is 4.76. The van der Waals surface area contributed by atoms with E-state index in [2.05, 4.69) is 13.8 Å². The van der Waals surface area contributed by atoms with Crippen LogP contribution in [0.2, 0.25) is 5.02 Å². The van der Waals surface area contributed by atoms with Gasteiger partial charge >= 0.3 is 5.97 Å². The van der Waals surface area contributed by atoms with Crippen LogP contribution >= 0.6 is 11.6 Å². The lowest BCUT2D eigenvalue weighted by molar-refractivity contribution is -0.140. The highest BCUT2D eigenvalue weighted by Crippen LogP contribution is 2.33. The molecule has 1 aliphatic heterocycles. The lowest BCUT2D eigenvalue weighted by atomic mass is 9.93. The van der Waals surface area contributed by atoms with E-state index in [0.29, 0.717) is 18.0 Å². The zero-order valence-electron chi connectivity index (χ0n) is 18.3. The normalized spacial score (nSPS) is 16.0. The minimum atomic E-state index is -0.491. The number of hydrogen-bond acceptors (Lipinski definition) is 4. The minimum absolute atomic E-state index is 0.0342. The van der Waals surface area contributed by atoms with E-state index in [-0.39, 0.29) is 24.2 Å². The zero-order valence-corrected chi connectivity index (χ0v) is 19.1. The Morgan fingerprint density at radius 1 is 1.16 bits per heavy atom. The van der Waals surface area contributed by atoms with E-state index < -0.39 is 6.04 Å². The first-order valence-corrected chi connectivity index (χ1v) is 11.2. The maximum atomic E-state index is 13.7. The number of amides is 1. The van der Waals surface area contributed by atoms with E-state index in [0.717, 1.165) is 35.4 Å². The molecule has 1 amide bonds. The Morgan fingerprint density at radius 2 is 1.87 bits per heavy atom. The van der Waals surface area contributed by atoms with Gasteiger partial charge in [0.15, 0.2) is 0 Å². The standard InChI is InChI=1S/C25H29ClN2O3/c1-4-17(5-2)24-25(30)28(15-9-12-22(29)31-3)21-14-13-19(26)16-20(21)23(27-24)18-10-7-6-8-11-18/h6-8,10-11,13-14,16-17,24H,4-5,9,12,15H2,1-3H3/t24-/m0/s1. The number of halogens is 1. The van der Waals surface area contributed by atoms with Gasteiger partial charge in [-0.1, -0.05) is 68.6 Å². The van der Waals surface area contributed by atoms with Gasteiger partial charge in [0, 0.05) is 29.1 Å². The maximum absolute atomic E-state index is 13.7. The van der Waals surface area contributed by atoms with Crippen molar-refractivity contribution in [3.8, 4) is 0 Å². The van der Waals surface area contributed by atoms with E-state index >= 15 is 0 Å². The molecule has 0 spiro atoms. The molecule has 31 heavy (non-hydrogen) atoms. The van der Waals surface area contributed by atoms with Crippen molar-refractivity contribution >= 4 is 34.9 Å². The van der Waals surface area contributed by atoms with Crippen molar-refractivity contribution in [1.29, 1.82) is 0 Å². The number of methoxy groups -OCH3 is 1. The Morgan fingerprint density at radius 3 is 2.52 bits per heavy atom. The molecule has 0 radical (unpaired) electrons. The number of esters is 1. The van der Waals surface area contributed by atoms with Crippen molar-refractivity contribution in [3.05, 3.63) is 64.7 Å². The van der Waals surface area contributed by atoms with Gasteiger partial charge in [0.2, 0.25) is 0 Å². The number of benzodiazepines with no additional fused rings is 1. The molecule has 2 aromatic rings. The average molecular weight is 441 g/mol. The van der Waals surface area contributed by atoms with Crippen molar-refractivity contribution in [2.75, 3.05) is 18.6 Å². The molecule has 0 aliphatic carbocycles. The maximum Gasteiger partial charge on any atom is 0.305 e. The van der Waals surface area contributed by atoms with Crippen molar-refractivity contribution in [2.24, 2.45) is 10.9 Å². The Bertz CT molecular complexity index is 954. The largest absolute Gasteiger partial charge is 0.469 e. The van der Waals surface area contributed by atoms with Gasteiger partial charge in [0.25, 0.3) is 5.91 Å². The number of fused-ring (bicyclic) bond motifs is 1. The number of aliphatic imine (C=N–C) groups is 1. The van der Waals surface area contributed by atoms with Gasteiger partial charge in [-0.3, -0.25) is 14.6 Å². The number of hydrogen-bond donors (Lipinski definition) is 0. The van der Waals surface area contributed by atoms with Crippen molar-refractivity contribution in [3.63, 3.8) is 0 Å². The van der Waals surface area contributed by atoms with E-state index in [9.17, 15) is 9.59 Å². The van der Waals surface area contributed by atoms with Crippen molar-refractivity contribution in [1.82, 2.24) is 0 Å². The first-order valence-electron chi connectivity index (χ1n) is 10.8. The first kappa shape index (κ1) is 23.0. The summed E-state index contributed by atoms with van der Waals surface area (Å²) in [5.41, 5.74) is 3.33. The molecule has 0 unspecified atom stereocenters. The van der Waals surface area contributed by atoms with Crippen molar-refractivity contribution < 1.29 is 14.3 Å². The third-order valence-electron chi connectivity index (χ3n) is 5.82. The number of ether oxygens (including phenoxy) is 1. The summed E-state index contributed by atoms with van der Waals surface area (Å²) >= 11 is 6.37. The number of anilines is 1. The second-order valence-corrected chi connectivity index (χ2v) is 8.13. The fourth-order valence-corrected chi connectivity index (χ4v) is 4.23. The highest BCUT2D eigenvalue weighted by molar-refractivity contribution is 6.32. The summed E-state index contributed by atoms with van der Waals surface area (Å²) in [7, 11) is 1.37. The topological polar surface area (TPSA) is 59.0 Å².